The van der Waals surface area contributed by atoms with Gasteiger partial charge < -0.3 is 15.4 Å². The molecule has 3 aromatic rings. The Morgan fingerprint density at radius 1 is 1.13 bits per heavy atom. The summed E-state index contributed by atoms with van der Waals surface area (Å²) in [5.74, 6) is 0.931. The van der Waals surface area contributed by atoms with Crippen molar-refractivity contribution in [1.82, 2.24) is 15.0 Å². The van der Waals surface area contributed by atoms with E-state index in [2.05, 4.69) is 19.9 Å². The first-order chi connectivity index (χ1) is 11.2. The SMILES string of the molecule is Nc1ccccc1Oc1nc(Cl)nc2nc(N3CCCC3)sc12. The fraction of sp³-hybridized carbons (Fsp3) is 0.267. The van der Waals surface area contributed by atoms with E-state index >= 15 is 0 Å². The third-order valence-electron chi connectivity index (χ3n) is 3.69. The second-order valence-electron chi connectivity index (χ2n) is 5.28. The Morgan fingerprint density at radius 3 is 2.70 bits per heavy atom. The number of ether oxygens (including phenoxy) is 1. The number of thiazole rings is 1. The maximum atomic E-state index is 6.02. The van der Waals surface area contributed by atoms with Crippen LogP contribution in [0.1, 0.15) is 12.8 Å². The van der Waals surface area contributed by atoms with Gasteiger partial charge in [-0.2, -0.15) is 15.0 Å². The molecular formula is C15H14ClN5OS. The van der Waals surface area contributed by atoms with Crippen LogP contribution < -0.4 is 15.4 Å². The fourth-order valence-electron chi connectivity index (χ4n) is 2.55. The average Bonchev–Trinajstić information content (AvgIpc) is 3.18. The highest BCUT2D eigenvalue weighted by molar-refractivity contribution is 7.22. The number of halogens is 1. The summed E-state index contributed by atoms with van der Waals surface area (Å²) in [4.78, 5) is 15.2. The lowest BCUT2D eigenvalue weighted by Gasteiger charge is -2.11. The molecule has 23 heavy (non-hydrogen) atoms. The third kappa shape index (κ3) is 2.77. The van der Waals surface area contributed by atoms with Crippen LogP contribution in [0.5, 0.6) is 11.6 Å². The zero-order valence-corrected chi connectivity index (χ0v) is 13.8. The molecule has 118 valence electrons. The lowest BCUT2D eigenvalue weighted by Crippen LogP contribution is -2.16. The van der Waals surface area contributed by atoms with Crippen LogP contribution in [0, 0.1) is 0 Å². The molecule has 0 unspecified atom stereocenters. The van der Waals surface area contributed by atoms with Gasteiger partial charge in [-0.05, 0) is 36.6 Å². The molecule has 4 rings (SSSR count). The molecule has 0 spiro atoms. The first kappa shape index (κ1) is 14.5. The number of rotatable bonds is 3. The van der Waals surface area contributed by atoms with Crippen molar-refractivity contribution >= 4 is 44.1 Å². The number of hydrogen-bond acceptors (Lipinski definition) is 7. The van der Waals surface area contributed by atoms with Gasteiger partial charge in [0.1, 0.15) is 4.70 Å². The van der Waals surface area contributed by atoms with Gasteiger partial charge in [-0.15, -0.1) is 0 Å². The molecule has 6 nitrogen and oxygen atoms in total. The molecule has 0 aliphatic carbocycles. The van der Waals surface area contributed by atoms with E-state index in [-0.39, 0.29) is 5.28 Å². The molecule has 2 N–H and O–H groups in total. The second-order valence-corrected chi connectivity index (χ2v) is 6.60. The van der Waals surface area contributed by atoms with Crippen molar-refractivity contribution in [1.29, 1.82) is 0 Å². The minimum Gasteiger partial charge on any atom is -0.435 e. The number of nitrogens with two attached hydrogens (primary N) is 1. The zero-order valence-electron chi connectivity index (χ0n) is 12.2. The zero-order chi connectivity index (χ0) is 15.8. The molecular weight excluding hydrogens is 334 g/mol. The highest BCUT2D eigenvalue weighted by atomic mass is 35.5. The highest BCUT2D eigenvalue weighted by Crippen LogP contribution is 2.38. The van der Waals surface area contributed by atoms with Gasteiger partial charge in [-0.25, -0.2) is 0 Å². The van der Waals surface area contributed by atoms with Crippen LogP contribution >= 0.6 is 22.9 Å². The molecule has 0 bridgehead atoms. The average molecular weight is 348 g/mol. The van der Waals surface area contributed by atoms with Gasteiger partial charge in [-0.1, -0.05) is 23.5 Å². The first-order valence-corrected chi connectivity index (χ1v) is 8.51. The van der Waals surface area contributed by atoms with E-state index < -0.39 is 0 Å². The van der Waals surface area contributed by atoms with Gasteiger partial charge in [0.2, 0.25) is 11.2 Å². The molecule has 1 saturated heterocycles. The number of anilines is 2. The van der Waals surface area contributed by atoms with E-state index in [4.69, 9.17) is 22.1 Å². The van der Waals surface area contributed by atoms with Crippen molar-refractivity contribution in [3.8, 4) is 11.6 Å². The van der Waals surface area contributed by atoms with Crippen LogP contribution in [-0.2, 0) is 0 Å². The standard InChI is InChI=1S/C15H14ClN5OS/c16-14-18-12-11(23-15(19-12)21-7-3-4-8-21)13(20-14)22-10-6-2-1-5-9(10)17/h1-2,5-6H,3-4,7-8,17H2. The molecule has 8 heteroatoms. The lowest BCUT2D eigenvalue weighted by atomic mass is 10.3. The third-order valence-corrected chi connectivity index (χ3v) is 4.95. The maximum Gasteiger partial charge on any atom is 0.243 e. The highest BCUT2D eigenvalue weighted by Gasteiger charge is 2.20. The predicted molar refractivity (Wildman–Crippen MR) is 92.6 cm³/mol. The lowest BCUT2D eigenvalue weighted by molar-refractivity contribution is 0.471. The molecule has 1 aromatic carbocycles. The Bertz CT molecular complexity index is 862. The molecule has 0 amide bonds. The van der Waals surface area contributed by atoms with Crippen molar-refractivity contribution < 1.29 is 4.74 Å². The van der Waals surface area contributed by atoms with Crippen LogP contribution in [-0.4, -0.2) is 28.0 Å². The van der Waals surface area contributed by atoms with E-state index in [1.165, 1.54) is 24.2 Å². The van der Waals surface area contributed by atoms with Crippen molar-refractivity contribution in [2.75, 3.05) is 23.7 Å². The Balaban J connectivity index is 1.77. The number of para-hydroxylation sites is 2. The fourth-order valence-corrected chi connectivity index (χ4v) is 3.69. The van der Waals surface area contributed by atoms with E-state index in [0.717, 1.165) is 22.9 Å². The summed E-state index contributed by atoms with van der Waals surface area (Å²) in [7, 11) is 0. The summed E-state index contributed by atoms with van der Waals surface area (Å²) in [6.07, 6.45) is 2.37. The molecule has 3 heterocycles. The van der Waals surface area contributed by atoms with Gasteiger partial charge in [0, 0.05) is 13.1 Å². The van der Waals surface area contributed by atoms with E-state index in [1.54, 1.807) is 12.1 Å². The summed E-state index contributed by atoms with van der Waals surface area (Å²) < 4.78 is 6.65. The van der Waals surface area contributed by atoms with Crippen molar-refractivity contribution in [2.45, 2.75) is 12.8 Å². The van der Waals surface area contributed by atoms with E-state index in [0.29, 0.717) is 23.0 Å². The number of fused-ring (bicyclic) bond motifs is 1. The van der Waals surface area contributed by atoms with Gasteiger partial charge in [0.15, 0.2) is 16.5 Å². The van der Waals surface area contributed by atoms with Crippen LogP contribution in [0.15, 0.2) is 24.3 Å². The number of benzene rings is 1. The smallest absolute Gasteiger partial charge is 0.243 e. The summed E-state index contributed by atoms with van der Waals surface area (Å²) in [6.45, 7) is 2.03. The monoisotopic (exact) mass is 347 g/mol. The summed E-state index contributed by atoms with van der Waals surface area (Å²) in [6, 6.07) is 7.27. The van der Waals surface area contributed by atoms with E-state index in [1.807, 2.05) is 12.1 Å². The predicted octanol–water partition coefficient (Wildman–Crippen LogP) is 3.71. The molecule has 1 aliphatic heterocycles. The molecule has 0 saturated carbocycles. The minimum absolute atomic E-state index is 0.111. The Hall–Kier alpha value is -2.12. The van der Waals surface area contributed by atoms with Gasteiger partial charge in [0.05, 0.1) is 5.69 Å². The van der Waals surface area contributed by atoms with Crippen LogP contribution in [0.25, 0.3) is 10.3 Å². The topological polar surface area (TPSA) is 77.2 Å². The van der Waals surface area contributed by atoms with Gasteiger partial charge in [0.25, 0.3) is 0 Å². The Morgan fingerprint density at radius 2 is 1.91 bits per heavy atom. The Kier molecular flexibility index (Phi) is 3.66. The van der Waals surface area contributed by atoms with Crippen LogP contribution in [0.2, 0.25) is 5.28 Å². The normalized spacial score (nSPS) is 14.6. The van der Waals surface area contributed by atoms with E-state index in [9.17, 15) is 0 Å². The number of aromatic nitrogens is 3. The summed E-state index contributed by atoms with van der Waals surface area (Å²) >= 11 is 7.54. The first-order valence-electron chi connectivity index (χ1n) is 7.32. The second kappa shape index (κ2) is 5.82. The van der Waals surface area contributed by atoms with Crippen molar-refractivity contribution in [2.24, 2.45) is 0 Å². The molecule has 1 fully saturated rings. The van der Waals surface area contributed by atoms with Crippen molar-refractivity contribution in [3.05, 3.63) is 29.5 Å². The minimum atomic E-state index is 0.111. The quantitative estimate of drug-likeness (QED) is 0.574. The molecule has 1 aliphatic rings. The summed E-state index contributed by atoms with van der Waals surface area (Å²) in [5, 5.41) is 1.04. The largest absolute Gasteiger partial charge is 0.435 e. The van der Waals surface area contributed by atoms with Crippen LogP contribution in [0.3, 0.4) is 0 Å². The Labute approximate surface area is 141 Å². The number of hydrogen-bond donors (Lipinski definition) is 1. The van der Waals surface area contributed by atoms with Gasteiger partial charge >= 0.3 is 0 Å². The molecule has 0 atom stereocenters. The number of nitrogen functional groups attached to an aromatic ring is 1. The maximum absolute atomic E-state index is 6.02. The van der Waals surface area contributed by atoms with Crippen molar-refractivity contribution in [3.63, 3.8) is 0 Å². The molecule has 0 radical (unpaired) electrons. The number of nitrogens with zero attached hydrogens (tertiary/aromatic N) is 4. The van der Waals surface area contributed by atoms with Crippen LogP contribution in [0.4, 0.5) is 10.8 Å². The van der Waals surface area contributed by atoms with Gasteiger partial charge in [-0.3, -0.25) is 0 Å². The molecule has 2 aromatic heterocycles. The summed E-state index contributed by atoms with van der Waals surface area (Å²) in [5.41, 5.74) is 7.03.